The average Bonchev–Trinajstić information content (AvgIpc) is 2.54. The van der Waals surface area contributed by atoms with Crippen molar-refractivity contribution in [3.05, 3.63) is 75.8 Å². The zero-order chi connectivity index (χ0) is 15.6. The van der Waals surface area contributed by atoms with Gasteiger partial charge < -0.3 is 9.47 Å². The molecule has 22 heavy (non-hydrogen) atoms. The average molecular weight is 301 g/mol. The fraction of sp³-hybridized carbons (Fsp3) is 0.294. The highest BCUT2D eigenvalue weighted by Gasteiger charge is 2.02. The number of benzene rings is 2. The molecule has 0 atom stereocenters. The van der Waals surface area contributed by atoms with Crippen molar-refractivity contribution in [3.8, 4) is 5.75 Å². The Hall–Kier alpha value is -2.40. The standard InChI is InChI=1S/C17H19NO4/c19-18(20)10-9-15-7-4-8-17(13-15)22-12-11-21-14-16-5-2-1-3-6-16/h1-8,13H,9-12,14H2. The Morgan fingerprint density at radius 1 is 0.955 bits per heavy atom. The molecule has 0 aliphatic carbocycles. The van der Waals surface area contributed by atoms with E-state index in [1.807, 2.05) is 54.6 Å². The smallest absolute Gasteiger partial charge is 0.207 e. The quantitative estimate of drug-likeness (QED) is 0.405. The second-order valence-corrected chi connectivity index (χ2v) is 4.84. The number of hydrogen-bond acceptors (Lipinski definition) is 4. The summed E-state index contributed by atoms with van der Waals surface area (Å²) in [6.45, 7) is 1.44. The number of ether oxygens (including phenoxy) is 2. The van der Waals surface area contributed by atoms with Crippen LogP contribution in [-0.4, -0.2) is 24.7 Å². The van der Waals surface area contributed by atoms with Crippen molar-refractivity contribution in [1.29, 1.82) is 0 Å². The topological polar surface area (TPSA) is 61.6 Å². The Kier molecular flexibility index (Phi) is 6.39. The zero-order valence-corrected chi connectivity index (χ0v) is 12.3. The molecule has 0 fully saturated rings. The van der Waals surface area contributed by atoms with Crippen LogP contribution in [0.5, 0.6) is 5.75 Å². The van der Waals surface area contributed by atoms with Gasteiger partial charge in [-0.1, -0.05) is 42.5 Å². The molecule has 0 bridgehead atoms. The van der Waals surface area contributed by atoms with Crippen molar-refractivity contribution < 1.29 is 14.4 Å². The van der Waals surface area contributed by atoms with Crippen LogP contribution in [0.4, 0.5) is 0 Å². The molecule has 0 radical (unpaired) electrons. The van der Waals surface area contributed by atoms with Gasteiger partial charge in [-0.25, -0.2) is 0 Å². The third kappa shape index (κ3) is 5.93. The maximum absolute atomic E-state index is 10.4. The predicted molar refractivity (Wildman–Crippen MR) is 83.6 cm³/mol. The maximum Gasteiger partial charge on any atom is 0.207 e. The van der Waals surface area contributed by atoms with Crippen LogP contribution in [0.15, 0.2) is 54.6 Å². The first-order chi connectivity index (χ1) is 10.7. The molecule has 0 heterocycles. The van der Waals surface area contributed by atoms with Crippen LogP contribution in [0, 0.1) is 10.1 Å². The third-order valence-electron chi connectivity index (χ3n) is 3.09. The zero-order valence-electron chi connectivity index (χ0n) is 12.3. The normalized spacial score (nSPS) is 10.4. The molecule has 0 spiro atoms. The number of nitro groups is 1. The summed E-state index contributed by atoms with van der Waals surface area (Å²) in [6.07, 6.45) is 0.411. The number of rotatable bonds is 9. The predicted octanol–water partition coefficient (Wildman–Crippen LogP) is 3.10. The summed E-state index contributed by atoms with van der Waals surface area (Å²) >= 11 is 0. The van der Waals surface area contributed by atoms with Gasteiger partial charge in [-0.2, -0.15) is 0 Å². The summed E-state index contributed by atoms with van der Waals surface area (Å²) in [4.78, 5) is 10.1. The molecule has 2 aromatic rings. The maximum atomic E-state index is 10.4. The molecule has 0 aliphatic rings. The van der Waals surface area contributed by atoms with E-state index >= 15 is 0 Å². The lowest BCUT2D eigenvalue weighted by molar-refractivity contribution is -0.479. The number of hydrogen-bond donors (Lipinski definition) is 0. The van der Waals surface area contributed by atoms with Gasteiger partial charge in [-0.15, -0.1) is 0 Å². The van der Waals surface area contributed by atoms with Gasteiger partial charge in [-0.05, 0) is 23.3 Å². The lowest BCUT2D eigenvalue weighted by atomic mass is 10.1. The van der Waals surface area contributed by atoms with Crippen LogP contribution in [0.1, 0.15) is 11.1 Å². The lowest BCUT2D eigenvalue weighted by Gasteiger charge is -2.08. The van der Waals surface area contributed by atoms with Crippen LogP contribution in [0.2, 0.25) is 0 Å². The first-order valence-corrected chi connectivity index (χ1v) is 7.19. The molecule has 0 unspecified atom stereocenters. The van der Waals surface area contributed by atoms with Gasteiger partial charge in [0.1, 0.15) is 12.4 Å². The first-order valence-electron chi connectivity index (χ1n) is 7.19. The molecule has 5 heteroatoms. The van der Waals surface area contributed by atoms with Gasteiger partial charge in [0.2, 0.25) is 6.54 Å². The van der Waals surface area contributed by atoms with Crippen molar-refractivity contribution >= 4 is 0 Å². The fourth-order valence-corrected chi connectivity index (χ4v) is 1.99. The molecule has 0 aromatic heterocycles. The van der Waals surface area contributed by atoms with E-state index in [0.29, 0.717) is 32.0 Å². The summed E-state index contributed by atoms with van der Waals surface area (Å²) in [6, 6.07) is 17.3. The summed E-state index contributed by atoms with van der Waals surface area (Å²) in [5.41, 5.74) is 2.03. The second-order valence-electron chi connectivity index (χ2n) is 4.84. The molecule has 116 valence electrons. The summed E-state index contributed by atoms with van der Waals surface area (Å²) in [5, 5.41) is 10.4. The molecule has 0 amide bonds. The first kappa shape index (κ1) is 16.0. The van der Waals surface area contributed by atoms with Crippen LogP contribution in [0.3, 0.4) is 0 Å². The van der Waals surface area contributed by atoms with Crippen molar-refractivity contribution in [2.24, 2.45) is 0 Å². The highest BCUT2D eigenvalue weighted by Crippen LogP contribution is 2.13. The van der Waals surface area contributed by atoms with E-state index in [1.165, 1.54) is 0 Å². The monoisotopic (exact) mass is 301 g/mol. The van der Waals surface area contributed by atoms with Gasteiger partial charge in [0.15, 0.2) is 0 Å². The minimum Gasteiger partial charge on any atom is -0.491 e. The third-order valence-corrected chi connectivity index (χ3v) is 3.09. The minimum atomic E-state index is -0.315. The van der Waals surface area contributed by atoms with Crippen molar-refractivity contribution in [2.45, 2.75) is 13.0 Å². The number of nitrogens with zero attached hydrogens (tertiary/aromatic N) is 1. The van der Waals surface area contributed by atoms with Crippen LogP contribution < -0.4 is 4.74 Å². The molecule has 0 saturated carbocycles. The van der Waals surface area contributed by atoms with Crippen molar-refractivity contribution in [1.82, 2.24) is 0 Å². The molecule has 0 saturated heterocycles. The Morgan fingerprint density at radius 3 is 2.50 bits per heavy atom. The molecule has 2 aromatic carbocycles. The van der Waals surface area contributed by atoms with Crippen molar-refractivity contribution in [2.75, 3.05) is 19.8 Å². The van der Waals surface area contributed by atoms with E-state index in [-0.39, 0.29) is 11.5 Å². The summed E-state index contributed by atoms with van der Waals surface area (Å²) in [5.74, 6) is 0.712. The Bertz CT molecular complexity index is 586. The van der Waals surface area contributed by atoms with E-state index < -0.39 is 0 Å². The SMILES string of the molecule is O=[N+]([O-])CCc1cccc(OCCOCc2ccccc2)c1. The highest BCUT2D eigenvalue weighted by molar-refractivity contribution is 5.28. The van der Waals surface area contributed by atoms with Gasteiger partial charge >= 0.3 is 0 Å². The van der Waals surface area contributed by atoms with E-state index in [1.54, 1.807) is 0 Å². The largest absolute Gasteiger partial charge is 0.491 e. The van der Waals surface area contributed by atoms with Gasteiger partial charge in [0, 0.05) is 11.3 Å². The molecule has 2 rings (SSSR count). The van der Waals surface area contributed by atoms with E-state index in [4.69, 9.17) is 9.47 Å². The molecular weight excluding hydrogens is 282 g/mol. The van der Waals surface area contributed by atoms with E-state index in [0.717, 1.165) is 11.1 Å². The van der Waals surface area contributed by atoms with Crippen LogP contribution >= 0.6 is 0 Å². The molecule has 0 aliphatic heterocycles. The second kappa shape index (κ2) is 8.79. The van der Waals surface area contributed by atoms with Crippen LogP contribution in [-0.2, 0) is 17.8 Å². The van der Waals surface area contributed by atoms with Crippen LogP contribution in [0.25, 0.3) is 0 Å². The van der Waals surface area contributed by atoms with Crippen molar-refractivity contribution in [3.63, 3.8) is 0 Å². The molecular formula is C17H19NO4. The molecule has 0 N–H and O–H groups in total. The van der Waals surface area contributed by atoms with E-state index in [9.17, 15) is 10.1 Å². The summed E-state index contributed by atoms with van der Waals surface area (Å²) in [7, 11) is 0. The minimum absolute atomic E-state index is 0.0658. The Balaban J connectivity index is 1.68. The lowest BCUT2D eigenvalue weighted by Crippen LogP contribution is -2.07. The highest BCUT2D eigenvalue weighted by atomic mass is 16.6. The Labute approximate surface area is 129 Å². The van der Waals surface area contributed by atoms with Gasteiger partial charge in [-0.3, -0.25) is 10.1 Å². The van der Waals surface area contributed by atoms with E-state index in [2.05, 4.69) is 0 Å². The fourth-order valence-electron chi connectivity index (χ4n) is 1.99. The van der Waals surface area contributed by atoms with Gasteiger partial charge in [0.25, 0.3) is 0 Å². The summed E-state index contributed by atoms with van der Waals surface area (Å²) < 4.78 is 11.1. The Morgan fingerprint density at radius 2 is 1.73 bits per heavy atom. The molecule has 5 nitrogen and oxygen atoms in total. The van der Waals surface area contributed by atoms with Gasteiger partial charge in [0.05, 0.1) is 13.2 Å².